The van der Waals surface area contributed by atoms with Gasteiger partial charge in [-0.05, 0) is 30.7 Å². The van der Waals surface area contributed by atoms with E-state index in [0.29, 0.717) is 17.1 Å². The summed E-state index contributed by atoms with van der Waals surface area (Å²) in [6.45, 7) is 1.88. The van der Waals surface area contributed by atoms with Crippen molar-refractivity contribution in [1.29, 1.82) is 0 Å². The molecule has 5 heteroatoms. The summed E-state index contributed by atoms with van der Waals surface area (Å²) in [5, 5.41) is 3.34. The fraction of sp³-hybridized carbons (Fsp3) is 1.00. The van der Waals surface area contributed by atoms with Gasteiger partial charge in [-0.15, -0.1) is 0 Å². The molecule has 0 amide bonds. The lowest BCUT2D eigenvalue weighted by Gasteiger charge is -2.42. The van der Waals surface area contributed by atoms with Gasteiger partial charge in [0.1, 0.15) is 0 Å². The van der Waals surface area contributed by atoms with Crippen LogP contribution in [0.4, 0.5) is 0 Å². The molecule has 1 saturated heterocycles. The second-order valence-corrected chi connectivity index (χ2v) is 7.33. The predicted octanol–water partition coefficient (Wildman–Crippen LogP) is 0.267. The van der Waals surface area contributed by atoms with Crippen molar-refractivity contribution in [2.45, 2.75) is 19.3 Å². The molecule has 0 aromatic carbocycles. The van der Waals surface area contributed by atoms with Gasteiger partial charge in [-0.3, -0.25) is 0 Å². The first-order chi connectivity index (χ1) is 6.96. The van der Waals surface area contributed by atoms with E-state index in [1.54, 1.807) is 14.1 Å². The first-order valence-corrected chi connectivity index (χ1v) is 7.18. The maximum Gasteiger partial charge on any atom is 0.213 e. The molecule has 1 aliphatic carbocycles. The summed E-state index contributed by atoms with van der Waals surface area (Å²) in [6, 6.07) is 0. The van der Waals surface area contributed by atoms with E-state index < -0.39 is 10.0 Å². The van der Waals surface area contributed by atoms with E-state index in [1.165, 1.54) is 23.6 Å². The van der Waals surface area contributed by atoms with Gasteiger partial charge in [0.05, 0.1) is 5.75 Å². The maximum atomic E-state index is 11.8. The third-order valence-electron chi connectivity index (χ3n) is 4.05. The second kappa shape index (κ2) is 3.71. The molecule has 1 saturated carbocycles. The summed E-state index contributed by atoms with van der Waals surface area (Å²) < 4.78 is 25.0. The first kappa shape index (κ1) is 11.4. The van der Waals surface area contributed by atoms with Crippen LogP contribution in [0.3, 0.4) is 0 Å². The zero-order chi connectivity index (χ0) is 11.1. The van der Waals surface area contributed by atoms with Gasteiger partial charge in [-0.1, -0.05) is 6.42 Å². The third kappa shape index (κ3) is 1.92. The molecule has 0 bridgehead atoms. The smallest absolute Gasteiger partial charge is 0.213 e. The van der Waals surface area contributed by atoms with Crippen molar-refractivity contribution in [1.82, 2.24) is 9.62 Å². The molecular formula is C10H20N2O2S. The zero-order valence-electron chi connectivity index (χ0n) is 9.49. The van der Waals surface area contributed by atoms with Crippen LogP contribution < -0.4 is 5.32 Å². The fourth-order valence-electron chi connectivity index (χ4n) is 2.71. The van der Waals surface area contributed by atoms with Crippen LogP contribution in [0.5, 0.6) is 0 Å². The Morgan fingerprint density at radius 3 is 2.53 bits per heavy atom. The normalized spacial score (nSPS) is 29.7. The van der Waals surface area contributed by atoms with Crippen LogP contribution in [-0.2, 0) is 10.0 Å². The maximum absolute atomic E-state index is 11.8. The molecule has 1 atom stereocenters. The minimum atomic E-state index is -3.04. The molecule has 1 spiro atoms. The first-order valence-electron chi connectivity index (χ1n) is 5.57. The second-order valence-electron chi connectivity index (χ2n) is 5.10. The van der Waals surface area contributed by atoms with E-state index in [2.05, 4.69) is 5.32 Å². The lowest BCUT2D eigenvalue weighted by Crippen LogP contribution is -2.42. The van der Waals surface area contributed by atoms with Crippen LogP contribution in [0.1, 0.15) is 19.3 Å². The average molecular weight is 232 g/mol. The molecular weight excluding hydrogens is 212 g/mol. The molecule has 4 nitrogen and oxygen atoms in total. The minimum absolute atomic E-state index is 0.309. The topological polar surface area (TPSA) is 49.4 Å². The van der Waals surface area contributed by atoms with Gasteiger partial charge in [0.2, 0.25) is 10.0 Å². The molecule has 1 aliphatic heterocycles. The highest BCUT2D eigenvalue weighted by molar-refractivity contribution is 7.89. The Labute approximate surface area is 92.1 Å². The van der Waals surface area contributed by atoms with Crippen molar-refractivity contribution < 1.29 is 8.42 Å². The number of nitrogens with zero attached hydrogens (tertiary/aromatic N) is 1. The SMILES string of the molecule is CN(C)S(=O)(=O)CC1CNCC12CCC2. The van der Waals surface area contributed by atoms with Crippen LogP contribution in [-0.4, -0.2) is 45.7 Å². The van der Waals surface area contributed by atoms with Crippen LogP contribution in [0.15, 0.2) is 0 Å². The average Bonchev–Trinajstić information content (AvgIpc) is 2.45. The van der Waals surface area contributed by atoms with Crippen molar-refractivity contribution in [3.63, 3.8) is 0 Å². The van der Waals surface area contributed by atoms with Gasteiger partial charge in [-0.2, -0.15) is 0 Å². The van der Waals surface area contributed by atoms with Gasteiger partial charge >= 0.3 is 0 Å². The van der Waals surface area contributed by atoms with Crippen molar-refractivity contribution in [3.8, 4) is 0 Å². The molecule has 2 rings (SSSR count). The minimum Gasteiger partial charge on any atom is -0.316 e. The van der Waals surface area contributed by atoms with E-state index >= 15 is 0 Å². The number of hydrogen-bond acceptors (Lipinski definition) is 3. The van der Waals surface area contributed by atoms with Gasteiger partial charge in [0.25, 0.3) is 0 Å². The summed E-state index contributed by atoms with van der Waals surface area (Å²) >= 11 is 0. The van der Waals surface area contributed by atoms with E-state index in [4.69, 9.17) is 0 Å². The number of nitrogens with one attached hydrogen (secondary N) is 1. The fourth-order valence-corrected chi connectivity index (χ4v) is 3.99. The van der Waals surface area contributed by atoms with E-state index in [1.807, 2.05) is 0 Å². The van der Waals surface area contributed by atoms with Gasteiger partial charge in [0, 0.05) is 20.6 Å². The molecule has 88 valence electrons. The Balaban J connectivity index is 2.06. The summed E-state index contributed by atoms with van der Waals surface area (Å²) in [7, 11) is 0.197. The van der Waals surface area contributed by atoms with Gasteiger partial charge < -0.3 is 5.32 Å². The van der Waals surface area contributed by atoms with Crippen LogP contribution in [0.25, 0.3) is 0 Å². The van der Waals surface area contributed by atoms with Crippen LogP contribution in [0, 0.1) is 11.3 Å². The summed E-state index contributed by atoms with van der Waals surface area (Å²) in [5.74, 6) is 0.631. The number of rotatable bonds is 3. The van der Waals surface area contributed by atoms with Gasteiger partial charge in [-0.25, -0.2) is 12.7 Å². The van der Waals surface area contributed by atoms with E-state index in [-0.39, 0.29) is 0 Å². The van der Waals surface area contributed by atoms with Crippen molar-refractivity contribution in [3.05, 3.63) is 0 Å². The Morgan fingerprint density at radius 2 is 2.07 bits per heavy atom. The highest BCUT2D eigenvalue weighted by Crippen LogP contribution is 2.49. The summed E-state index contributed by atoms with van der Waals surface area (Å²) in [6.07, 6.45) is 3.67. The Kier molecular flexibility index (Phi) is 2.81. The molecule has 15 heavy (non-hydrogen) atoms. The Hall–Kier alpha value is -0.130. The molecule has 1 N–H and O–H groups in total. The predicted molar refractivity (Wildman–Crippen MR) is 60.1 cm³/mol. The number of hydrogen-bond donors (Lipinski definition) is 1. The largest absolute Gasteiger partial charge is 0.316 e. The zero-order valence-corrected chi connectivity index (χ0v) is 10.3. The van der Waals surface area contributed by atoms with E-state index in [0.717, 1.165) is 13.1 Å². The Bertz CT molecular complexity index is 333. The highest BCUT2D eigenvalue weighted by Gasteiger charge is 2.48. The Morgan fingerprint density at radius 1 is 1.40 bits per heavy atom. The molecule has 0 aromatic rings. The third-order valence-corrected chi connectivity index (χ3v) is 5.99. The quantitative estimate of drug-likeness (QED) is 0.760. The van der Waals surface area contributed by atoms with E-state index in [9.17, 15) is 8.42 Å². The molecule has 0 aromatic heterocycles. The van der Waals surface area contributed by atoms with Crippen molar-refractivity contribution in [2.24, 2.45) is 11.3 Å². The van der Waals surface area contributed by atoms with Crippen molar-refractivity contribution >= 4 is 10.0 Å². The molecule has 1 heterocycles. The summed E-state index contributed by atoms with van der Waals surface area (Å²) in [5.41, 5.74) is 0.309. The van der Waals surface area contributed by atoms with Crippen molar-refractivity contribution in [2.75, 3.05) is 32.9 Å². The number of sulfonamides is 1. The lowest BCUT2D eigenvalue weighted by molar-refractivity contribution is 0.109. The molecule has 0 radical (unpaired) electrons. The standard InChI is InChI=1S/C10H20N2O2S/c1-12(2)15(13,14)7-9-6-11-8-10(9)4-3-5-10/h9,11H,3-8H2,1-2H3. The molecule has 2 aliphatic rings. The lowest BCUT2D eigenvalue weighted by atomic mass is 9.63. The van der Waals surface area contributed by atoms with Gasteiger partial charge in [0.15, 0.2) is 0 Å². The molecule has 1 unspecified atom stereocenters. The molecule has 2 fully saturated rings. The highest BCUT2D eigenvalue weighted by atomic mass is 32.2. The summed E-state index contributed by atoms with van der Waals surface area (Å²) in [4.78, 5) is 0. The van der Waals surface area contributed by atoms with Crippen LogP contribution >= 0.6 is 0 Å². The van der Waals surface area contributed by atoms with Crippen LogP contribution in [0.2, 0.25) is 0 Å². The monoisotopic (exact) mass is 232 g/mol.